The highest BCUT2D eigenvalue weighted by Gasteiger charge is 2.52. The van der Waals surface area contributed by atoms with Crippen molar-refractivity contribution in [2.75, 3.05) is 18.7 Å². The van der Waals surface area contributed by atoms with E-state index in [4.69, 9.17) is 25.8 Å². The lowest BCUT2D eigenvalue weighted by atomic mass is 9.92. The van der Waals surface area contributed by atoms with Crippen molar-refractivity contribution >= 4 is 34.0 Å². The Hall–Kier alpha value is -2.65. The van der Waals surface area contributed by atoms with E-state index in [1.807, 2.05) is 48.7 Å². The normalized spacial score (nSPS) is 21.9. The SMILES string of the molecule is CC1(C)CC(NC(c2cnc(NC(=O)C3(c4ccc5c(c4)OCO5)CC3)s2)c2ccccc2Cl)CCO1. The molecule has 1 aromatic heterocycles. The molecular weight excluding hydrogens is 510 g/mol. The minimum Gasteiger partial charge on any atom is -0.454 e. The molecule has 3 heterocycles. The molecule has 7 nitrogen and oxygen atoms in total. The van der Waals surface area contributed by atoms with Crippen LogP contribution in [0.15, 0.2) is 48.7 Å². The van der Waals surface area contributed by atoms with E-state index in [0.29, 0.717) is 22.5 Å². The number of fused-ring (bicyclic) bond motifs is 1. The zero-order chi connectivity index (χ0) is 25.6. The molecule has 2 aromatic carbocycles. The topological polar surface area (TPSA) is 81.7 Å². The van der Waals surface area contributed by atoms with Crippen LogP contribution in [0.5, 0.6) is 11.5 Å². The minimum atomic E-state index is -0.555. The number of rotatable bonds is 7. The van der Waals surface area contributed by atoms with Gasteiger partial charge in [-0.3, -0.25) is 4.79 Å². The molecule has 1 amide bonds. The van der Waals surface area contributed by atoms with E-state index >= 15 is 0 Å². The molecule has 3 aromatic rings. The van der Waals surface area contributed by atoms with Gasteiger partial charge in [0.1, 0.15) is 0 Å². The summed E-state index contributed by atoms with van der Waals surface area (Å²) in [5.74, 6) is 1.37. The number of amides is 1. The molecule has 1 saturated carbocycles. The molecule has 0 bridgehead atoms. The zero-order valence-electron chi connectivity index (χ0n) is 20.9. The van der Waals surface area contributed by atoms with Gasteiger partial charge in [-0.1, -0.05) is 47.2 Å². The van der Waals surface area contributed by atoms with Crippen molar-refractivity contribution in [2.45, 2.75) is 62.6 Å². The predicted octanol–water partition coefficient (Wildman–Crippen LogP) is 5.83. The second kappa shape index (κ2) is 9.58. The van der Waals surface area contributed by atoms with Gasteiger partial charge in [-0.05, 0) is 68.9 Å². The average molecular weight is 540 g/mol. The summed E-state index contributed by atoms with van der Waals surface area (Å²) in [6, 6.07) is 13.8. The van der Waals surface area contributed by atoms with E-state index in [1.165, 1.54) is 11.3 Å². The van der Waals surface area contributed by atoms with Crippen molar-refractivity contribution in [2.24, 2.45) is 0 Å². The number of thiazole rings is 1. The molecule has 194 valence electrons. The molecule has 6 rings (SSSR count). The quantitative estimate of drug-likeness (QED) is 0.393. The fourth-order valence-corrected chi connectivity index (χ4v) is 6.44. The monoisotopic (exact) mass is 539 g/mol. The molecule has 1 saturated heterocycles. The Bertz CT molecular complexity index is 1320. The van der Waals surface area contributed by atoms with Crippen LogP contribution in [-0.2, 0) is 14.9 Å². The first-order valence-electron chi connectivity index (χ1n) is 12.6. The lowest BCUT2D eigenvalue weighted by Crippen LogP contribution is -2.45. The van der Waals surface area contributed by atoms with E-state index in [9.17, 15) is 4.79 Å². The van der Waals surface area contributed by atoms with Crippen molar-refractivity contribution in [1.82, 2.24) is 10.3 Å². The van der Waals surface area contributed by atoms with Gasteiger partial charge in [0.2, 0.25) is 12.7 Å². The number of ether oxygens (including phenoxy) is 3. The molecule has 0 spiro atoms. The molecule has 1 aliphatic carbocycles. The molecule has 2 atom stereocenters. The highest BCUT2D eigenvalue weighted by molar-refractivity contribution is 7.15. The van der Waals surface area contributed by atoms with Crippen LogP contribution in [0.2, 0.25) is 5.02 Å². The highest BCUT2D eigenvalue weighted by atomic mass is 35.5. The summed E-state index contributed by atoms with van der Waals surface area (Å²) in [6.45, 7) is 5.18. The van der Waals surface area contributed by atoms with Gasteiger partial charge in [-0.2, -0.15) is 0 Å². The number of benzene rings is 2. The summed E-state index contributed by atoms with van der Waals surface area (Å²) < 4.78 is 16.9. The molecule has 2 fully saturated rings. The largest absolute Gasteiger partial charge is 0.454 e. The van der Waals surface area contributed by atoms with Gasteiger partial charge in [-0.25, -0.2) is 4.98 Å². The summed E-state index contributed by atoms with van der Waals surface area (Å²) in [5, 5.41) is 8.18. The maximum absolute atomic E-state index is 13.4. The molecule has 0 radical (unpaired) electrons. The number of hydrogen-bond acceptors (Lipinski definition) is 7. The first kappa shape index (κ1) is 24.7. The van der Waals surface area contributed by atoms with Gasteiger partial charge in [0.05, 0.1) is 17.1 Å². The Kier molecular flexibility index (Phi) is 6.39. The average Bonchev–Trinajstić information content (AvgIpc) is 3.33. The van der Waals surface area contributed by atoms with Gasteiger partial charge in [0.25, 0.3) is 0 Å². The van der Waals surface area contributed by atoms with Crippen LogP contribution >= 0.6 is 22.9 Å². The van der Waals surface area contributed by atoms with Crippen LogP contribution in [0.3, 0.4) is 0 Å². The smallest absolute Gasteiger partial charge is 0.236 e. The van der Waals surface area contributed by atoms with Gasteiger partial charge in [0, 0.05) is 28.7 Å². The van der Waals surface area contributed by atoms with E-state index in [-0.39, 0.29) is 30.4 Å². The first-order chi connectivity index (χ1) is 17.8. The molecule has 3 aliphatic rings. The Morgan fingerprint density at radius 1 is 1.16 bits per heavy atom. The van der Waals surface area contributed by atoms with Gasteiger partial charge >= 0.3 is 0 Å². The fourth-order valence-electron chi connectivity index (χ4n) is 5.30. The number of aromatic nitrogens is 1. The third kappa shape index (κ3) is 4.95. The third-order valence-corrected chi connectivity index (χ3v) is 8.78. The summed E-state index contributed by atoms with van der Waals surface area (Å²) in [4.78, 5) is 19.0. The first-order valence-corrected chi connectivity index (χ1v) is 13.8. The van der Waals surface area contributed by atoms with E-state index in [0.717, 1.165) is 47.4 Å². The second-order valence-corrected chi connectivity index (χ2v) is 12.1. The number of nitrogens with zero attached hydrogens (tertiary/aromatic N) is 1. The van der Waals surface area contributed by atoms with Gasteiger partial charge in [-0.15, -0.1) is 0 Å². The van der Waals surface area contributed by atoms with Crippen LogP contribution in [0.25, 0.3) is 0 Å². The van der Waals surface area contributed by atoms with E-state index in [2.05, 4.69) is 29.5 Å². The molecule has 2 unspecified atom stereocenters. The van der Waals surface area contributed by atoms with Crippen LogP contribution in [0, 0.1) is 0 Å². The molecule has 37 heavy (non-hydrogen) atoms. The number of hydrogen-bond donors (Lipinski definition) is 2. The zero-order valence-corrected chi connectivity index (χ0v) is 22.5. The lowest BCUT2D eigenvalue weighted by molar-refractivity contribution is -0.118. The Morgan fingerprint density at radius 2 is 1.97 bits per heavy atom. The number of nitrogens with one attached hydrogen (secondary N) is 2. The summed E-state index contributed by atoms with van der Waals surface area (Å²) in [6.07, 6.45) is 5.24. The molecule has 9 heteroatoms. The van der Waals surface area contributed by atoms with Crippen molar-refractivity contribution < 1.29 is 19.0 Å². The predicted molar refractivity (Wildman–Crippen MR) is 144 cm³/mol. The van der Waals surface area contributed by atoms with Crippen LogP contribution in [0.1, 0.15) is 61.6 Å². The standard InChI is InChI=1S/C28H30ClN3O4S/c1-27(2)14-18(9-12-36-27)31-24(19-5-3-4-6-20(19)29)23-15-30-26(37-23)32-25(33)28(10-11-28)17-7-8-21-22(13-17)35-16-34-21/h3-8,13,15,18,24,31H,9-12,14,16H2,1-2H3,(H,30,32,33). The van der Waals surface area contributed by atoms with E-state index < -0.39 is 5.41 Å². The minimum absolute atomic E-state index is 0.0410. The van der Waals surface area contributed by atoms with Crippen molar-refractivity contribution in [3.63, 3.8) is 0 Å². The Labute approximate surface area is 225 Å². The number of anilines is 1. The maximum Gasteiger partial charge on any atom is 0.236 e. The number of carbonyl (C=O) groups excluding carboxylic acids is 1. The van der Waals surface area contributed by atoms with Crippen molar-refractivity contribution in [3.05, 3.63) is 69.7 Å². The van der Waals surface area contributed by atoms with Crippen molar-refractivity contribution in [3.8, 4) is 11.5 Å². The highest BCUT2D eigenvalue weighted by Crippen LogP contribution is 2.51. The fraction of sp³-hybridized carbons (Fsp3) is 0.429. The molecular formula is C28H30ClN3O4S. The number of carbonyl (C=O) groups is 1. The van der Waals surface area contributed by atoms with Crippen LogP contribution in [0.4, 0.5) is 5.13 Å². The number of halogens is 1. The van der Waals surface area contributed by atoms with Crippen LogP contribution < -0.4 is 20.1 Å². The molecule has 2 aliphatic heterocycles. The second-order valence-electron chi connectivity index (χ2n) is 10.6. The summed E-state index contributed by atoms with van der Waals surface area (Å²) in [7, 11) is 0. The molecule has 2 N–H and O–H groups in total. The van der Waals surface area contributed by atoms with Crippen LogP contribution in [-0.4, -0.2) is 35.9 Å². The Balaban J connectivity index is 1.22. The third-order valence-electron chi connectivity index (χ3n) is 7.45. The Morgan fingerprint density at radius 3 is 2.76 bits per heavy atom. The van der Waals surface area contributed by atoms with Gasteiger partial charge in [0.15, 0.2) is 16.6 Å². The van der Waals surface area contributed by atoms with Crippen molar-refractivity contribution in [1.29, 1.82) is 0 Å². The summed E-state index contributed by atoms with van der Waals surface area (Å²) >= 11 is 8.12. The maximum atomic E-state index is 13.4. The summed E-state index contributed by atoms with van der Waals surface area (Å²) in [5.41, 5.74) is 1.21. The van der Waals surface area contributed by atoms with E-state index in [1.54, 1.807) is 0 Å². The van der Waals surface area contributed by atoms with Gasteiger partial charge < -0.3 is 24.8 Å². The lowest BCUT2D eigenvalue weighted by Gasteiger charge is -2.37.